The number of hydrogen-bond donors (Lipinski definition) is 1. The predicted octanol–water partition coefficient (Wildman–Crippen LogP) is -0.956. The summed E-state index contributed by atoms with van der Waals surface area (Å²) in [6.45, 7) is 1.48. The first-order valence-corrected chi connectivity index (χ1v) is 1.64. The van der Waals surface area contributed by atoms with E-state index in [0.717, 1.165) is 7.37 Å². The van der Waals surface area contributed by atoms with E-state index in [-0.39, 0.29) is 0 Å². The molecule has 0 saturated heterocycles. The van der Waals surface area contributed by atoms with E-state index in [9.17, 15) is 0 Å². The van der Waals surface area contributed by atoms with Gasteiger partial charge in [0, 0.05) is 0 Å². The Morgan fingerprint density at radius 1 is 2.00 bits per heavy atom. The molecular weight excluding hydrogens is 77.6 g/mol. The fourth-order valence-electron chi connectivity index (χ4n) is 0.114. The lowest BCUT2D eigenvalue weighted by molar-refractivity contribution is 0.00461. The molecule has 1 N–H and O–H groups in total. The highest BCUT2D eigenvalue weighted by atomic mass is 16.6. The Balaban J connectivity index is 2.63. The fourth-order valence-corrected chi connectivity index (χ4v) is 0.114. The van der Waals surface area contributed by atoms with E-state index in [1.54, 1.807) is 0 Å². The fraction of sp³-hybridized carbons (Fsp3) is 1.00. The number of rotatable bonds is 2. The monoisotopic (exact) mass is 83.0 g/mol. The zero-order chi connectivity index (χ0) is 4.99. The molecule has 2 nitrogen and oxygen atoms in total. The van der Waals surface area contributed by atoms with Crippen LogP contribution in [0.4, 0.5) is 0 Å². The van der Waals surface area contributed by atoms with Crippen LogP contribution in [0.2, 0.25) is 0 Å². The quantitative estimate of drug-likeness (QED) is 0.344. The van der Waals surface area contributed by atoms with Crippen molar-refractivity contribution in [2.75, 3.05) is 0 Å². The van der Waals surface area contributed by atoms with Crippen LogP contribution in [0, 0.1) is 0 Å². The molecule has 6 heavy (non-hydrogen) atoms. The second-order valence-corrected chi connectivity index (χ2v) is 0.871. The Morgan fingerprint density at radius 3 is 2.50 bits per heavy atom. The lowest BCUT2D eigenvalue weighted by atomic mass is 9.72. The summed E-state index contributed by atoms with van der Waals surface area (Å²) in [7, 11) is 5.67. The van der Waals surface area contributed by atoms with Gasteiger partial charge in [0.15, 0.2) is 0 Å². The minimum Gasteiger partial charge on any atom is -0.430 e. The lowest BCUT2D eigenvalue weighted by Gasteiger charge is -1.99. The predicted molar refractivity (Wildman–Crippen MR) is 24.3 cm³/mol. The average Bonchev–Trinajstić information content (AvgIpc) is 1.35. The van der Waals surface area contributed by atoms with E-state index in [1.165, 1.54) is 6.92 Å². The molecule has 0 aliphatic heterocycles. The minimum atomic E-state index is -0.782. The van der Waals surface area contributed by atoms with Gasteiger partial charge in [0.2, 0.25) is 7.37 Å². The third-order valence-corrected chi connectivity index (χ3v) is 0.276. The third kappa shape index (κ3) is 4.05. The van der Waals surface area contributed by atoms with Gasteiger partial charge in [-0.2, -0.15) is 0 Å². The maximum atomic E-state index is 8.22. The SMILES string of the molecule is [B][B]OC(C)O. The molecule has 0 aliphatic carbocycles. The molecule has 0 saturated carbocycles. The Labute approximate surface area is 39.2 Å². The second-order valence-electron chi connectivity index (χ2n) is 0.871. The number of aliphatic hydroxyl groups excluding tert-OH is 1. The van der Waals surface area contributed by atoms with Gasteiger partial charge in [-0.05, 0) is 6.92 Å². The molecule has 0 spiro atoms. The minimum absolute atomic E-state index is 0.782. The summed E-state index contributed by atoms with van der Waals surface area (Å²) >= 11 is 0. The largest absolute Gasteiger partial charge is 0.430 e. The van der Waals surface area contributed by atoms with E-state index < -0.39 is 6.29 Å². The van der Waals surface area contributed by atoms with Gasteiger partial charge in [-0.3, -0.25) is 0 Å². The van der Waals surface area contributed by atoms with Gasteiger partial charge in [-0.15, -0.1) is 0 Å². The van der Waals surface area contributed by atoms with Gasteiger partial charge in [-0.25, -0.2) is 0 Å². The molecule has 0 aliphatic rings. The molecule has 4 heteroatoms. The molecule has 0 amide bonds. The normalized spacial score (nSPS) is 13.7. The van der Waals surface area contributed by atoms with E-state index in [4.69, 9.17) is 12.8 Å². The van der Waals surface area contributed by atoms with Gasteiger partial charge in [0.1, 0.15) is 6.29 Å². The second kappa shape index (κ2) is 3.25. The first kappa shape index (κ1) is 6.05. The first-order valence-electron chi connectivity index (χ1n) is 1.64. The van der Waals surface area contributed by atoms with Gasteiger partial charge in [0.25, 0.3) is 0 Å². The van der Waals surface area contributed by atoms with Crippen LogP contribution in [-0.2, 0) is 4.65 Å². The Morgan fingerprint density at radius 2 is 2.50 bits per heavy atom. The molecule has 0 fully saturated rings. The van der Waals surface area contributed by atoms with Crippen molar-refractivity contribution < 1.29 is 9.76 Å². The van der Waals surface area contributed by atoms with Crippen molar-refractivity contribution in [1.29, 1.82) is 0 Å². The summed E-state index contributed by atoms with van der Waals surface area (Å²) in [5.74, 6) is 0. The summed E-state index contributed by atoms with van der Waals surface area (Å²) in [5, 5.41) is 8.22. The Hall–Kier alpha value is 0.0499. The molecule has 1 unspecified atom stereocenters. The van der Waals surface area contributed by atoms with Gasteiger partial charge in [-0.1, -0.05) is 0 Å². The molecule has 0 heterocycles. The highest BCUT2D eigenvalue weighted by Crippen LogP contribution is 1.74. The van der Waals surface area contributed by atoms with Crippen LogP contribution < -0.4 is 0 Å². The summed E-state index contributed by atoms with van der Waals surface area (Å²) in [4.78, 5) is 0. The van der Waals surface area contributed by atoms with Crippen molar-refractivity contribution >= 4 is 15.1 Å². The van der Waals surface area contributed by atoms with Crippen LogP contribution in [0.1, 0.15) is 6.92 Å². The van der Waals surface area contributed by atoms with Gasteiger partial charge < -0.3 is 9.76 Å². The maximum absolute atomic E-state index is 8.22. The summed E-state index contributed by atoms with van der Waals surface area (Å²) in [5.41, 5.74) is 0. The smallest absolute Gasteiger partial charge is 0.233 e. The van der Waals surface area contributed by atoms with Gasteiger partial charge >= 0.3 is 0 Å². The maximum Gasteiger partial charge on any atom is 0.233 e. The van der Waals surface area contributed by atoms with Crippen molar-refractivity contribution in [3.8, 4) is 0 Å². The topological polar surface area (TPSA) is 29.5 Å². The lowest BCUT2D eigenvalue weighted by Crippen LogP contribution is -2.09. The number of aliphatic hydroxyl groups is 1. The average molecular weight is 82.7 g/mol. The van der Waals surface area contributed by atoms with E-state index >= 15 is 0 Å². The van der Waals surface area contributed by atoms with Crippen LogP contribution in [0.25, 0.3) is 0 Å². The molecular formula is C2H5B2O2. The number of hydrogen-bond acceptors (Lipinski definition) is 2. The molecule has 0 bridgehead atoms. The van der Waals surface area contributed by atoms with Crippen LogP contribution in [0.15, 0.2) is 0 Å². The Bertz CT molecular complexity index is 30.7. The van der Waals surface area contributed by atoms with Crippen molar-refractivity contribution in [1.82, 2.24) is 0 Å². The molecule has 3 radical (unpaired) electrons. The first-order chi connectivity index (χ1) is 2.77. The third-order valence-electron chi connectivity index (χ3n) is 0.276. The van der Waals surface area contributed by atoms with Crippen LogP contribution >= 0.6 is 0 Å². The Kier molecular flexibility index (Phi) is 3.27. The van der Waals surface area contributed by atoms with Crippen molar-refractivity contribution in [3.63, 3.8) is 0 Å². The van der Waals surface area contributed by atoms with E-state index in [0.29, 0.717) is 0 Å². The van der Waals surface area contributed by atoms with Crippen LogP contribution in [0.5, 0.6) is 0 Å². The zero-order valence-corrected chi connectivity index (χ0v) is 3.59. The summed E-state index contributed by atoms with van der Waals surface area (Å²) in [6.07, 6.45) is -0.782. The van der Waals surface area contributed by atoms with Crippen molar-refractivity contribution in [2.45, 2.75) is 13.2 Å². The molecule has 0 aromatic heterocycles. The molecule has 1 atom stereocenters. The molecule has 0 aromatic carbocycles. The summed E-state index contributed by atoms with van der Waals surface area (Å²) < 4.78 is 4.25. The van der Waals surface area contributed by atoms with Crippen LogP contribution in [0.3, 0.4) is 0 Å². The highest BCUT2D eigenvalue weighted by molar-refractivity contribution is 6.85. The molecule has 0 aromatic rings. The van der Waals surface area contributed by atoms with Gasteiger partial charge in [0.05, 0.1) is 7.74 Å². The van der Waals surface area contributed by atoms with E-state index in [1.807, 2.05) is 0 Å². The standard InChI is InChI=1S/C2H5B2O2/c1-2(5)6-4-3/h2,5H,1H3. The molecule has 0 rings (SSSR count). The van der Waals surface area contributed by atoms with Crippen molar-refractivity contribution in [3.05, 3.63) is 0 Å². The van der Waals surface area contributed by atoms with E-state index in [2.05, 4.69) is 4.65 Å². The molecule has 31 valence electrons. The highest BCUT2D eigenvalue weighted by Gasteiger charge is 1.86. The van der Waals surface area contributed by atoms with Crippen molar-refractivity contribution in [2.24, 2.45) is 0 Å². The summed E-state index contributed by atoms with van der Waals surface area (Å²) in [6, 6.07) is 0. The zero-order valence-electron chi connectivity index (χ0n) is 3.59. The van der Waals surface area contributed by atoms with Crippen LogP contribution in [-0.4, -0.2) is 26.5 Å².